The molecule has 28 heavy (non-hydrogen) atoms. The van der Waals surface area contributed by atoms with Crippen LogP contribution in [-0.2, 0) is 5.41 Å². The van der Waals surface area contributed by atoms with Crippen molar-refractivity contribution in [2.45, 2.75) is 50.0 Å². The molecule has 2 bridgehead atoms. The second-order valence-corrected chi connectivity index (χ2v) is 8.23. The third kappa shape index (κ3) is 3.83. The van der Waals surface area contributed by atoms with Crippen LogP contribution in [0.3, 0.4) is 0 Å². The Morgan fingerprint density at radius 2 is 2.04 bits per heavy atom. The number of rotatable bonds is 7. The number of fused-ring (bicyclic) bond motifs is 2. The second kappa shape index (κ2) is 8.04. The SMILES string of the molecule is COc1cccc(C23CCC(C2)N(CCCC(=O)c2ccc(F)cc2)CC3)c1. The Morgan fingerprint density at radius 3 is 2.82 bits per heavy atom. The minimum Gasteiger partial charge on any atom is -0.497 e. The molecule has 4 rings (SSSR count). The number of Topliss-reactive ketones (excluding diaryl/α,β-unsaturated/α-hetero) is 1. The fourth-order valence-electron chi connectivity index (χ4n) is 5.05. The van der Waals surface area contributed by atoms with Gasteiger partial charge in [-0.25, -0.2) is 4.39 Å². The van der Waals surface area contributed by atoms with Crippen LogP contribution in [0, 0.1) is 5.82 Å². The summed E-state index contributed by atoms with van der Waals surface area (Å²) in [5.74, 6) is 0.747. The van der Waals surface area contributed by atoms with E-state index in [9.17, 15) is 9.18 Å². The van der Waals surface area contributed by atoms with Crippen LogP contribution >= 0.6 is 0 Å². The summed E-state index contributed by atoms with van der Waals surface area (Å²) in [4.78, 5) is 14.9. The number of ether oxygens (including phenoxy) is 1. The van der Waals surface area contributed by atoms with E-state index in [4.69, 9.17) is 4.74 Å². The lowest BCUT2D eigenvalue weighted by Crippen LogP contribution is -2.43. The minimum absolute atomic E-state index is 0.106. The van der Waals surface area contributed by atoms with Gasteiger partial charge in [0, 0.05) is 18.0 Å². The number of piperidine rings is 1. The van der Waals surface area contributed by atoms with Crippen molar-refractivity contribution in [3.8, 4) is 5.75 Å². The van der Waals surface area contributed by atoms with Crippen LogP contribution < -0.4 is 4.74 Å². The molecule has 2 fully saturated rings. The summed E-state index contributed by atoms with van der Waals surface area (Å²) >= 11 is 0. The van der Waals surface area contributed by atoms with Gasteiger partial charge in [0.05, 0.1) is 7.11 Å². The van der Waals surface area contributed by atoms with Crippen molar-refractivity contribution >= 4 is 5.78 Å². The zero-order valence-electron chi connectivity index (χ0n) is 16.5. The monoisotopic (exact) mass is 381 g/mol. The van der Waals surface area contributed by atoms with Crippen LogP contribution in [0.5, 0.6) is 5.75 Å². The lowest BCUT2D eigenvalue weighted by Gasteiger charge is -2.40. The normalized spacial score (nSPS) is 24.3. The first kappa shape index (κ1) is 19.1. The minimum atomic E-state index is -0.300. The lowest BCUT2D eigenvalue weighted by atomic mass is 9.74. The zero-order chi connectivity index (χ0) is 19.6. The Morgan fingerprint density at radius 1 is 1.21 bits per heavy atom. The molecule has 1 heterocycles. The molecule has 1 aliphatic heterocycles. The van der Waals surface area contributed by atoms with Gasteiger partial charge in [0.15, 0.2) is 5.78 Å². The van der Waals surface area contributed by atoms with Gasteiger partial charge in [-0.2, -0.15) is 0 Å². The maximum absolute atomic E-state index is 13.0. The number of carbonyl (C=O) groups excluding carboxylic acids is 1. The number of hydrogen-bond acceptors (Lipinski definition) is 3. The molecule has 0 aromatic heterocycles. The molecule has 2 aliphatic rings. The van der Waals surface area contributed by atoms with Gasteiger partial charge in [-0.1, -0.05) is 12.1 Å². The predicted molar refractivity (Wildman–Crippen MR) is 108 cm³/mol. The quantitative estimate of drug-likeness (QED) is 0.633. The van der Waals surface area contributed by atoms with Crippen molar-refractivity contribution in [1.82, 2.24) is 4.90 Å². The first-order valence-electron chi connectivity index (χ1n) is 10.3. The Kier molecular flexibility index (Phi) is 5.49. The van der Waals surface area contributed by atoms with E-state index in [0.29, 0.717) is 23.4 Å². The molecule has 0 amide bonds. The number of ketones is 1. The zero-order valence-corrected chi connectivity index (χ0v) is 16.5. The van der Waals surface area contributed by atoms with Crippen molar-refractivity contribution in [1.29, 1.82) is 0 Å². The predicted octanol–water partition coefficient (Wildman–Crippen LogP) is 4.99. The molecule has 2 aromatic carbocycles. The van der Waals surface area contributed by atoms with Gasteiger partial charge in [0.2, 0.25) is 0 Å². The summed E-state index contributed by atoms with van der Waals surface area (Å²) < 4.78 is 18.4. The molecule has 1 saturated carbocycles. The van der Waals surface area contributed by atoms with Crippen molar-refractivity contribution in [3.05, 3.63) is 65.5 Å². The van der Waals surface area contributed by atoms with E-state index in [1.54, 1.807) is 19.2 Å². The van der Waals surface area contributed by atoms with Gasteiger partial charge >= 0.3 is 0 Å². The van der Waals surface area contributed by atoms with Crippen LogP contribution in [-0.4, -0.2) is 36.9 Å². The van der Waals surface area contributed by atoms with Crippen LogP contribution in [0.2, 0.25) is 0 Å². The van der Waals surface area contributed by atoms with Gasteiger partial charge < -0.3 is 9.64 Å². The first-order valence-corrected chi connectivity index (χ1v) is 10.3. The highest BCUT2D eigenvalue weighted by molar-refractivity contribution is 5.95. The number of carbonyl (C=O) groups is 1. The Bertz CT molecular complexity index is 835. The van der Waals surface area contributed by atoms with Crippen molar-refractivity contribution in [3.63, 3.8) is 0 Å². The number of nitrogens with zero attached hydrogens (tertiary/aromatic N) is 1. The fraction of sp³-hybridized carbons (Fsp3) is 0.458. The molecule has 2 unspecified atom stereocenters. The van der Waals surface area contributed by atoms with Gasteiger partial charge in [-0.15, -0.1) is 0 Å². The summed E-state index contributed by atoms with van der Waals surface area (Å²) in [5, 5.41) is 0. The summed E-state index contributed by atoms with van der Waals surface area (Å²) in [7, 11) is 1.73. The maximum atomic E-state index is 13.0. The van der Waals surface area contributed by atoms with Gasteiger partial charge in [0.1, 0.15) is 11.6 Å². The smallest absolute Gasteiger partial charge is 0.162 e. The molecule has 1 saturated heterocycles. The van der Waals surface area contributed by atoms with E-state index < -0.39 is 0 Å². The summed E-state index contributed by atoms with van der Waals surface area (Å²) in [6, 6.07) is 15.1. The van der Waals surface area contributed by atoms with Gasteiger partial charge in [0.25, 0.3) is 0 Å². The third-order valence-corrected chi connectivity index (χ3v) is 6.67. The van der Waals surface area contributed by atoms with Crippen molar-refractivity contribution < 1.29 is 13.9 Å². The van der Waals surface area contributed by atoms with E-state index >= 15 is 0 Å². The highest BCUT2D eigenvalue weighted by Gasteiger charge is 2.46. The second-order valence-electron chi connectivity index (χ2n) is 8.23. The largest absolute Gasteiger partial charge is 0.497 e. The molecular weight excluding hydrogens is 353 g/mol. The summed E-state index contributed by atoms with van der Waals surface area (Å²) in [6.07, 6.45) is 6.21. The average molecular weight is 381 g/mol. The molecule has 0 spiro atoms. The standard InChI is InChI=1S/C24H28FNO2/c1-28-22-5-2-4-19(16-22)24-12-11-21(17-24)26(15-13-24)14-3-6-23(27)18-7-9-20(25)10-8-18/h2,4-5,7-10,16,21H,3,6,11-15,17H2,1H3. The molecule has 0 radical (unpaired) electrons. The van der Waals surface area contributed by atoms with Crippen LogP contribution in [0.4, 0.5) is 4.39 Å². The van der Waals surface area contributed by atoms with Crippen LogP contribution in [0.25, 0.3) is 0 Å². The highest BCUT2D eigenvalue weighted by atomic mass is 19.1. The molecular formula is C24H28FNO2. The molecule has 148 valence electrons. The van der Waals surface area contributed by atoms with Gasteiger partial charge in [-0.3, -0.25) is 4.79 Å². The molecule has 2 aromatic rings. The number of benzene rings is 2. The third-order valence-electron chi connectivity index (χ3n) is 6.67. The van der Waals surface area contributed by atoms with E-state index in [1.165, 1.54) is 43.4 Å². The van der Waals surface area contributed by atoms with Crippen LogP contribution in [0.15, 0.2) is 48.5 Å². The average Bonchev–Trinajstić information content (AvgIpc) is 3.09. The number of halogens is 1. The Labute approximate surface area is 166 Å². The molecule has 1 aliphatic carbocycles. The lowest BCUT2D eigenvalue weighted by molar-refractivity contribution is 0.0959. The number of hydrogen-bond donors (Lipinski definition) is 0. The maximum Gasteiger partial charge on any atom is 0.162 e. The number of methoxy groups -OCH3 is 1. The fourth-order valence-corrected chi connectivity index (χ4v) is 5.05. The van der Waals surface area contributed by atoms with E-state index in [2.05, 4.69) is 23.1 Å². The summed E-state index contributed by atoms with van der Waals surface area (Å²) in [6.45, 7) is 2.05. The molecule has 0 N–H and O–H groups in total. The van der Waals surface area contributed by atoms with E-state index in [0.717, 1.165) is 25.3 Å². The highest BCUT2D eigenvalue weighted by Crippen LogP contribution is 2.49. The Hall–Kier alpha value is -2.20. The first-order chi connectivity index (χ1) is 13.6. The molecule has 2 atom stereocenters. The van der Waals surface area contributed by atoms with E-state index in [-0.39, 0.29) is 11.6 Å². The Balaban J connectivity index is 1.32. The summed E-state index contributed by atoms with van der Waals surface area (Å²) in [5.41, 5.74) is 2.32. The molecule has 4 heteroatoms. The van der Waals surface area contributed by atoms with Crippen molar-refractivity contribution in [2.24, 2.45) is 0 Å². The molecule has 3 nitrogen and oxygen atoms in total. The van der Waals surface area contributed by atoms with E-state index in [1.807, 2.05) is 6.07 Å². The topological polar surface area (TPSA) is 29.5 Å². The van der Waals surface area contributed by atoms with Crippen molar-refractivity contribution in [2.75, 3.05) is 20.2 Å². The number of likely N-dealkylation sites (tertiary alicyclic amines) is 1. The van der Waals surface area contributed by atoms with Crippen LogP contribution in [0.1, 0.15) is 54.4 Å². The van der Waals surface area contributed by atoms with Gasteiger partial charge in [-0.05, 0) is 92.6 Å².